The van der Waals surface area contributed by atoms with Gasteiger partial charge in [0.2, 0.25) is 6.79 Å². The van der Waals surface area contributed by atoms with Crippen molar-refractivity contribution < 1.29 is 13.9 Å². The normalized spacial score (nSPS) is 18.9. The zero-order valence-electron chi connectivity index (χ0n) is 17.7. The highest BCUT2D eigenvalue weighted by Crippen LogP contribution is 2.45. The van der Waals surface area contributed by atoms with Crippen LogP contribution in [0.4, 0.5) is 10.1 Å². The molecule has 170 valence electrons. The van der Waals surface area contributed by atoms with Gasteiger partial charge in [-0.1, -0.05) is 17.7 Å². The number of anilines is 1. The second-order valence-electron chi connectivity index (χ2n) is 7.94. The third-order valence-electron chi connectivity index (χ3n) is 6.00. The predicted molar refractivity (Wildman–Crippen MR) is 131 cm³/mol. The Morgan fingerprint density at radius 3 is 2.68 bits per heavy atom. The number of hydrogen-bond acceptors (Lipinski definition) is 4. The number of pyridine rings is 1. The zero-order valence-corrected chi connectivity index (χ0v) is 19.3. The molecule has 0 saturated carbocycles. The summed E-state index contributed by atoms with van der Waals surface area (Å²) in [4.78, 5) is 6.65. The number of aromatic nitrogens is 2. The van der Waals surface area contributed by atoms with Crippen molar-refractivity contribution in [1.29, 1.82) is 0 Å². The smallest absolute Gasteiger partial charge is 0.231 e. The Morgan fingerprint density at radius 1 is 1.00 bits per heavy atom. The molecule has 2 aromatic carbocycles. The van der Waals surface area contributed by atoms with Gasteiger partial charge in [-0.2, -0.15) is 0 Å². The minimum Gasteiger partial charge on any atom is -0.454 e. The zero-order chi connectivity index (χ0) is 23.2. The highest BCUT2D eigenvalue weighted by atomic mass is 35.5. The van der Waals surface area contributed by atoms with E-state index in [1.807, 2.05) is 64.2 Å². The van der Waals surface area contributed by atoms with Gasteiger partial charge in [-0.05, 0) is 66.8 Å². The maximum atomic E-state index is 13.9. The number of fused-ring (bicyclic) bond motifs is 1. The van der Waals surface area contributed by atoms with Crippen molar-refractivity contribution >= 4 is 34.6 Å². The molecule has 4 heterocycles. The van der Waals surface area contributed by atoms with E-state index < -0.39 is 5.82 Å². The molecule has 6 nitrogen and oxygen atoms in total. The maximum absolute atomic E-state index is 13.9. The van der Waals surface area contributed by atoms with Gasteiger partial charge in [-0.3, -0.25) is 4.98 Å². The van der Waals surface area contributed by atoms with E-state index in [1.165, 1.54) is 6.07 Å². The van der Waals surface area contributed by atoms with Gasteiger partial charge in [0.15, 0.2) is 16.6 Å². The summed E-state index contributed by atoms with van der Waals surface area (Å²) in [6.45, 7) is 0.190. The molecule has 1 fully saturated rings. The van der Waals surface area contributed by atoms with Gasteiger partial charge in [-0.15, -0.1) is 0 Å². The lowest BCUT2D eigenvalue weighted by Crippen LogP contribution is -2.30. The third kappa shape index (κ3) is 3.46. The Labute approximate surface area is 205 Å². The van der Waals surface area contributed by atoms with Gasteiger partial charge in [0.1, 0.15) is 11.9 Å². The van der Waals surface area contributed by atoms with Crippen molar-refractivity contribution in [2.75, 3.05) is 11.7 Å². The Morgan fingerprint density at radius 2 is 1.85 bits per heavy atom. The Kier molecular flexibility index (Phi) is 5.12. The first-order chi connectivity index (χ1) is 16.6. The van der Waals surface area contributed by atoms with Crippen LogP contribution in [0.15, 0.2) is 79.1 Å². The summed E-state index contributed by atoms with van der Waals surface area (Å²) in [6, 6.07) is 19.7. The molecule has 6 rings (SSSR count). The van der Waals surface area contributed by atoms with Crippen LogP contribution in [0.3, 0.4) is 0 Å². The Balaban J connectivity index is 1.50. The quantitative estimate of drug-likeness (QED) is 0.376. The van der Waals surface area contributed by atoms with E-state index >= 15 is 0 Å². The second-order valence-corrected chi connectivity index (χ2v) is 8.73. The van der Waals surface area contributed by atoms with Gasteiger partial charge in [-0.25, -0.2) is 4.39 Å². The molecule has 2 aromatic heterocycles. The van der Waals surface area contributed by atoms with Crippen molar-refractivity contribution in [1.82, 2.24) is 14.9 Å². The number of nitrogens with zero attached hydrogens (tertiary/aromatic N) is 3. The number of halogens is 2. The van der Waals surface area contributed by atoms with Crippen LogP contribution < -0.4 is 19.7 Å². The molecule has 2 aliphatic heterocycles. The number of rotatable bonds is 4. The predicted octanol–water partition coefficient (Wildman–Crippen LogP) is 5.57. The molecule has 0 unspecified atom stereocenters. The minimum absolute atomic E-state index is 0.0612. The average Bonchev–Trinajstić information content (AvgIpc) is 3.59. The lowest BCUT2D eigenvalue weighted by molar-refractivity contribution is 0.174. The molecule has 0 aliphatic carbocycles. The summed E-state index contributed by atoms with van der Waals surface area (Å²) in [6.07, 6.45) is 3.69. The number of ether oxygens (including phenoxy) is 2. The molecule has 0 bridgehead atoms. The summed E-state index contributed by atoms with van der Waals surface area (Å²) in [5, 5.41) is 4.07. The first kappa shape index (κ1) is 20.9. The highest BCUT2D eigenvalue weighted by molar-refractivity contribution is 7.80. The van der Waals surface area contributed by atoms with Gasteiger partial charge in [0, 0.05) is 35.5 Å². The summed E-state index contributed by atoms with van der Waals surface area (Å²) < 4.78 is 26.9. The van der Waals surface area contributed by atoms with Crippen LogP contribution in [0.5, 0.6) is 11.5 Å². The topological polar surface area (TPSA) is 51.6 Å². The van der Waals surface area contributed by atoms with E-state index in [4.69, 9.17) is 33.3 Å². The number of thiocarbonyl (C=S) groups is 1. The van der Waals surface area contributed by atoms with Crippen LogP contribution in [0, 0.1) is 5.82 Å². The van der Waals surface area contributed by atoms with Crippen molar-refractivity contribution in [3.63, 3.8) is 0 Å². The van der Waals surface area contributed by atoms with E-state index in [0.29, 0.717) is 16.6 Å². The van der Waals surface area contributed by atoms with Crippen molar-refractivity contribution in [3.8, 4) is 17.2 Å². The molecular formula is C25H18ClFN4O2S. The van der Waals surface area contributed by atoms with Crippen molar-refractivity contribution in [2.45, 2.75) is 12.1 Å². The van der Waals surface area contributed by atoms with E-state index in [1.54, 1.807) is 18.3 Å². The minimum atomic E-state index is -0.462. The van der Waals surface area contributed by atoms with E-state index in [2.05, 4.69) is 10.3 Å². The fourth-order valence-electron chi connectivity index (χ4n) is 4.47. The first-order valence-electron chi connectivity index (χ1n) is 10.6. The molecule has 9 heteroatoms. The maximum Gasteiger partial charge on any atom is 0.231 e. The number of nitrogens with one attached hydrogen (secondary N) is 1. The molecule has 4 aromatic rings. The van der Waals surface area contributed by atoms with Crippen LogP contribution in [0.25, 0.3) is 5.69 Å². The lowest BCUT2D eigenvalue weighted by Gasteiger charge is -2.29. The Bertz CT molecular complexity index is 1400. The molecule has 0 spiro atoms. The summed E-state index contributed by atoms with van der Waals surface area (Å²) in [5.41, 5.74) is 3.39. The van der Waals surface area contributed by atoms with Crippen LogP contribution in [0.1, 0.15) is 23.5 Å². The van der Waals surface area contributed by atoms with E-state index in [0.717, 1.165) is 22.8 Å². The fourth-order valence-corrected chi connectivity index (χ4v) is 4.99. The summed E-state index contributed by atoms with van der Waals surface area (Å²) >= 11 is 11.9. The second kappa shape index (κ2) is 8.30. The van der Waals surface area contributed by atoms with Crippen LogP contribution >= 0.6 is 23.8 Å². The molecule has 0 amide bonds. The van der Waals surface area contributed by atoms with E-state index in [9.17, 15) is 4.39 Å². The number of benzene rings is 2. The SMILES string of the molecule is Fc1ccc(-n2cccc2[C@@H]2[C@H](c3ccccn3)NC(=S)N2c2ccc3c(c2)OCO3)cc1Cl. The van der Waals surface area contributed by atoms with Gasteiger partial charge < -0.3 is 24.3 Å². The molecule has 1 N–H and O–H groups in total. The summed E-state index contributed by atoms with van der Waals surface area (Å²) in [5.74, 6) is 0.904. The lowest BCUT2D eigenvalue weighted by atomic mass is 10.0. The standard InChI is InChI=1S/C25H18ClFN4O2S/c26-17-12-15(6-8-18(17)27)30-11-3-5-20(30)24-23(19-4-1-2-10-28-19)29-25(34)31(24)16-7-9-21-22(13-16)33-14-32-21/h1-13,23-24H,14H2,(H,29,34)/t23-,24+/m0/s1. The average molecular weight is 493 g/mol. The van der Waals surface area contributed by atoms with Crippen LogP contribution in [-0.4, -0.2) is 21.5 Å². The highest BCUT2D eigenvalue weighted by Gasteiger charge is 2.42. The van der Waals surface area contributed by atoms with Crippen molar-refractivity contribution in [3.05, 3.63) is 101 Å². The fraction of sp³-hybridized carbons (Fsp3) is 0.120. The first-order valence-corrected chi connectivity index (χ1v) is 11.4. The van der Waals surface area contributed by atoms with E-state index in [-0.39, 0.29) is 23.9 Å². The molecule has 1 saturated heterocycles. The molecule has 34 heavy (non-hydrogen) atoms. The van der Waals surface area contributed by atoms with Gasteiger partial charge >= 0.3 is 0 Å². The monoisotopic (exact) mass is 492 g/mol. The van der Waals surface area contributed by atoms with Gasteiger partial charge in [0.25, 0.3) is 0 Å². The largest absolute Gasteiger partial charge is 0.454 e. The van der Waals surface area contributed by atoms with Crippen LogP contribution in [-0.2, 0) is 0 Å². The molecule has 2 aliphatic rings. The molecule has 0 radical (unpaired) electrons. The Hall–Kier alpha value is -3.62. The van der Waals surface area contributed by atoms with Crippen molar-refractivity contribution in [2.24, 2.45) is 0 Å². The molecular weight excluding hydrogens is 475 g/mol. The van der Waals surface area contributed by atoms with Gasteiger partial charge in [0.05, 0.1) is 16.8 Å². The van der Waals surface area contributed by atoms with Crippen LogP contribution in [0.2, 0.25) is 5.02 Å². The summed E-state index contributed by atoms with van der Waals surface area (Å²) in [7, 11) is 0. The number of hydrogen-bond donors (Lipinski definition) is 1. The molecule has 2 atom stereocenters. The third-order valence-corrected chi connectivity index (χ3v) is 6.60.